The van der Waals surface area contributed by atoms with Crippen molar-refractivity contribution in [2.45, 2.75) is 45.2 Å². The highest BCUT2D eigenvalue weighted by Gasteiger charge is 2.30. The molecule has 0 aromatic heterocycles. The largest absolute Gasteiger partial charge is 0.497 e. The molecule has 7 heteroatoms. The van der Waals surface area contributed by atoms with Crippen molar-refractivity contribution in [1.29, 1.82) is 0 Å². The fraction of sp³-hybridized carbons (Fsp3) is 0.333. The van der Waals surface area contributed by atoms with Gasteiger partial charge in [-0.1, -0.05) is 67.1 Å². The summed E-state index contributed by atoms with van der Waals surface area (Å²) in [5.74, 6) is 1.18. The maximum Gasteiger partial charge on any atom is 0.243 e. The molecule has 3 aromatic rings. The van der Waals surface area contributed by atoms with Crippen molar-refractivity contribution in [3.05, 3.63) is 95.0 Å². The van der Waals surface area contributed by atoms with Gasteiger partial charge in [-0.2, -0.15) is 0 Å². The van der Waals surface area contributed by atoms with Crippen LogP contribution in [0.4, 0.5) is 0 Å². The van der Waals surface area contributed by atoms with E-state index in [0.717, 1.165) is 23.3 Å². The third-order valence-corrected chi connectivity index (χ3v) is 6.35. The summed E-state index contributed by atoms with van der Waals surface area (Å²) < 4.78 is 11.0. The van der Waals surface area contributed by atoms with Crippen molar-refractivity contribution in [3.63, 3.8) is 0 Å². The standard InChI is InChI=1S/C30H35ClN2O4/c1-3-19-32-30(35)28(21-23-10-5-4-6-11-23)33(22-24-12-7-8-13-27(24)31)29(34)14-9-20-37-26-17-15-25(36-2)16-18-26/h4-8,10-13,15-18,28H,3,9,14,19-22H2,1-2H3,(H,32,35)/t28-/m0/s1. The Labute approximate surface area is 224 Å². The van der Waals surface area contributed by atoms with Crippen LogP contribution in [0.2, 0.25) is 5.02 Å². The number of ether oxygens (including phenoxy) is 2. The molecule has 3 aromatic carbocycles. The number of amides is 2. The number of halogens is 1. The molecule has 0 saturated heterocycles. The average Bonchev–Trinajstić information content (AvgIpc) is 2.93. The van der Waals surface area contributed by atoms with E-state index in [2.05, 4.69) is 5.32 Å². The van der Waals surface area contributed by atoms with Gasteiger partial charge in [-0.15, -0.1) is 0 Å². The van der Waals surface area contributed by atoms with Crippen molar-refractivity contribution in [1.82, 2.24) is 10.2 Å². The fourth-order valence-corrected chi connectivity index (χ4v) is 4.15. The first-order chi connectivity index (χ1) is 18.0. The van der Waals surface area contributed by atoms with Gasteiger partial charge in [-0.25, -0.2) is 0 Å². The highest BCUT2D eigenvalue weighted by Crippen LogP contribution is 2.22. The first kappa shape index (κ1) is 28.1. The van der Waals surface area contributed by atoms with Crippen molar-refractivity contribution in [3.8, 4) is 11.5 Å². The van der Waals surface area contributed by atoms with Crippen LogP contribution in [0.15, 0.2) is 78.9 Å². The number of benzene rings is 3. The van der Waals surface area contributed by atoms with Crippen LogP contribution < -0.4 is 14.8 Å². The number of methoxy groups -OCH3 is 1. The quantitative estimate of drug-likeness (QED) is 0.277. The highest BCUT2D eigenvalue weighted by molar-refractivity contribution is 6.31. The zero-order valence-electron chi connectivity index (χ0n) is 21.5. The SMILES string of the molecule is CCCNC(=O)[C@H](Cc1ccccc1)N(Cc1ccccc1Cl)C(=O)CCCOc1ccc(OC)cc1. The number of nitrogens with one attached hydrogen (secondary N) is 1. The molecule has 0 unspecified atom stereocenters. The smallest absolute Gasteiger partial charge is 0.243 e. The van der Waals surface area contributed by atoms with E-state index in [4.69, 9.17) is 21.1 Å². The van der Waals surface area contributed by atoms with Crippen molar-refractivity contribution < 1.29 is 19.1 Å². The second kappa shape index (κ2) is 14.9. The maximum atomic E-state index is 13.6. The van der Waals surface area contributed by atoms with Gasteiger partial charge in [0, 0.05) is 31.0 Å². The number of carbonyl (C=O) groups excluding carboxylic acids is 2. The number of carbonyl (C=O) groups is 2. The van der Waals surface area contributed by atoms with Crippen LogP contribution in [0, 0.1) is 0 Å². The molecule has 196 valence electrons. The summed E-state index contributed by atoms with van der Waals surface area (Å²) >= 11 is 6.45. The average molecular weight is 523 g/mol. The molecule has 2 amide bonds. The van der Waals surface area contributed by atoms with Gasteiger partial charge in [0.05, 0.1) is 13.7 Å². The third-order valence-electron chi connectivity index (χ3n) is 5.98. The predicted molar refractivity (Wildman–Crippen MR) is 147 cm³/mol. The van der Waals surface area contributed by atoms with E-state index in [0.29, 0.717) is 36.8 Å². The van der Waals surface area contributed by atoms with Gasteiger partial charge in [0.2, 0.25) is 11.8 Å². The Balaban J connectivity index is 1.76. The fourth-order valence-electron chi connectivity index (χ4n) is 3.96. The monoisotopic (exact) mass is 522 g/mol. The van der Waals surface area contributed by atoms with E-state index >= 15 is 0 Å². The van der Waals surface area contributed by atoms with E-state index in [-0.39, 0.29) is 24.8 Å². The minimum absolute atomic E-state index is 0.120. The first-order valence-corrected chi connectivity index (χ1v) is 13.0. The molecule has 0 fully saturated rings. The molecule has 0 saturated carbocycles. The number of hydrogen-bond acceptors (Lipinski definition) is 4. The number of hydrogen-bond donors (Lipinski definition) is 1. The third kappa shape index (κ3) is 8.83. The lowest BCUT2D eigenvalue weighted by atomic mass is 10.0. The minimum atomic E-state index is -0.666. The summed E-state index contributed by atoms with van der Waals surface area (Å²) in [4.78, 5) is 28.6. The van der Waals surface area contributed by atoms with Gasteiger partial charge in [0.1, 0.15) is 17.5 Å². The zero-order valence-corrected chi connectivity index (χ0v) is 22.2. The molecule has 0 spiro atoms. The molecule has 3 rings (SSSR count). The van der Waals surface area contributed by atoms with Crippen LogP contribution in [0.5, 0.6) is 11.5 Å². The van der Waals surface area contributed by atoms with Crippen LogP contribution in [0.1, 0.15) is 37.3 Å². The highest BCUT2D eigenvalue weighted by atomic mass is 35.5. The molecule has 0 heterocycles. The van der Waals surface area contributed by atoms with Gasteiger partial charge in [0.15, 0.2) is 0 Å². The molecular formula is C30H35ClN2O4. The molecule has 0 radical (unpaired) electrons. The normalized spacial score (nSPS) is 11.4. The van der Waals surface area contributed by atoms with Gasteiger partial charge < -0.3 is 19.7 Å². The summed E-state index contributed by atoms with van der Waals surface area (Å²) in [6.45, 7) is 3.17. The number of rotatable bonds is 14. The van der Waals surface area contributed by atoms with E-state index in [1.54, 1.807) is 18.1 Å². The van der Waals surface area contributed by atoms with E-state index in [9.17, 15) is 9.59 Å². The Morgan fingerprint density at radius 1 is 0.946 bits per heavy atom. The number of nitrogens with zero attached hydrogens (tertiary/aromatic N) is 1. The van der Waals surface area contributed by atoms with Crippen LogP contribution >= 0.6 is 11.6 Å². The maximum absolute atomic E-state index is 13.6. The summed E-state index contributed by atoms with van der Waals surface area (Å²) in [7, 11) is 1.61. The summed E-state index contributed by atoms with van der Waals surface area (Å²) in [5.41, 5.74) is 1.78. The molecule has 0 aliphatic carbocycles. The van der Waals surface area contributed by atoms with Crippen LogP contribution in [0.3, 0.4) is 0 Å². The molecular weight excluding hydrogens is 488 g/mol. The Morgan fingerprint density at radius 3 is 2.30 bits per heavy atom. The van der Waals surface area contributed by atoms with Gasteiger partial charge in [-0.05, 0) is 54.3 Å². The second-order valence-electron chi connectivity index (χ2n) is 8.74. The zero-order chi connectivity index (χ0) is 26.5. The Morgan fingerprint density at radius 2 is 1.62 bits per heavy atom. The topological polar surface area (TPSA) is 67.9 Å². The molecule has 6 nitrogen and oxygen atoms in total. The Kier molecular flexibility index (Phi) is 11.3. The predicted octanol–water partition coefficient (Wildman–Crippen LogP) is 5.67. The lowest BCUT2D eigenvalue weighted by Crippen LogP contribution is -2.50. The summed E-state index contributed by atoms with van der Waals surface area (Å²) in [5, 5.41) is 3.55. The van der Waals surface area contributed by atoms with Gasteiger partial charge in [0.25, 0.3) is 0 Å². The Bertz CT molecular complexity index is 1120. The molecule has 1 N–H and O–H groups in total. The van der Waals surface area contributed by atoms with E-state index in [1.165, 1.54) is 0 Å². The second-order valence-corrected chi connectivity index (χ2v) is 9.14. The van der Waals surface area contributed by atoms with Gasteiger partial charge >= 0.3 is 0 Å². The van der Waals surface area contributed by atoms with Crippen LogP contribution in [-0.2, 0) is 22.6 Å². The summed E-state index contributed by atoms with van der Waals surface area (Å²) in [6, 6.07) is 23.8. The summed E-state index contributed by atoms with van der Waals surface area (Å²) in [6.07, 6.45) is 1.98. The minimum Gasteiger partial charge on any atom is -0.497 e. The van der Waals surface area contributed by atoms with Crippen LogP contribution in [-0.4, -0.2) is 43.0 Å². The van der Waals surface area contributed by atoms with Crippen LogP contribution in [0.25, 0.3) is 0 Å². The molecule has 0 aliphatic rings. The van der Waals surface area contributed by atoms with Crippen molar-refractivity contribution in [2.24, 2.45) is 0 Å². The molecule has 1 atom stereocenters. The first-order valence-electron chi connectivity index (χ1n) is 12.6. The van der Waals surface area contributed by atoms with Crippen molar-refractivity contribution >= 4 is 23.4 Å². The van der Waals surface area contributed by atoms with Crippen molar-refractivity contribution in [2.75, 3.05) is 20.3 Å². The lowest BCUT2D eigenvalue weighted by molar-refractivity contribution is -0.141. The van der Waals surface area contributed by atoms with E-state index in [1.807, 2.05) is 79.7 Å². The van der Waals surface area contributed by atoms with Gasteiger partial charge in [-0.3, -0.25) is 9.59 Å². The molecule has 37 heavy (non-hydrogen) atoms. The van der Waals surface area contributed by atoms with E-state index < -0.39 is 6.04 Å². The molecule has 0 aliphatic heterocycles. The Hall–Kier alpha value is -3.51. The molecule has 0 bridgehead atoms. The lowest BCUT2D eigenvalue weighted by Gasteiger charge is -2.32.